The average molecular weight is 316 g/mol. The van der Waals surface area contributed by atoms with Gasteiger partial charge in [0, 0.05) is 24.5 Å². The predicted molar refractivity (Wildman–Crippen MR) is 96.6 cm³/mol. The molecule has 0 saturated carbocycles. The molecule has 0 aliphatic carbocycles. The highest BCUT2D eigenvalue weighted by atomic mass is 16.4. The number of oxime groups is 1. The molecule has 0 amide bonds. The molecule has 0 aliphatic rings. The van der Waals surface area contributed by atoms with Gasteiger partial charge in [-0.2, -0.15) is 0 Å². The van der Waals surface area contributed by atoms with E-state index in [4.69, 9.17) is 5.21 Å². The zero-order valence-corrected chi connectivity index (χ0v) is 13.6. The fourth-order valence-corrected chi connectivity index (χ4v) is 3.29. The zero-order valence-electron chi connectivity index (χ0n) is 13.6. The maximum absolute atomic E-state index is 9.08. The Labute approximate surface area is 142 Å². The van der Waals surface area contributed by atoms with Crippen molar-refractivity contribution in [3.8, 4) is 0 Å². The molecule has 2 aromatic carbocycles. The van der Waals surface area contributed by atoms with Crippen LogP contribution in [0.5, 0.6) is 0 Å². The fraction of sp³-hybridized carbons (Fsp3) is 0.143. The first-order chi connectivity index (χ1) is 11.8. The van der Waals surface area contributed by atoms with E-state index in [1.807, 2.05) is 55.6 Å². The summed E-state index contributed by atoms with van der Waals surface area (Å²) in [6, 6.07) is 24.8. The first-order valence-corrected chi connectivity index (χ1v) is 7.97. The van der Waals surface area contributed by atoms with Crippen LogP contribution in [0, 0.1) is 6.92 Å². The second-order valence-electron chi connectivity index (χ2n) is 5.83. The van der Waals surface area contributed by atoms with E-state index in [0.717, 1.165) is 22.4 Å². The van der Waals surface area contributed by atoms with Gasteiger partial charge in [-0.25, -0.2) is 0 Å². The van der Waals surface area contributed by atoms with Gasteiger partial charge in [0.05, 0.1) is 5.41 Å². The van der Waals surface area contributed by atoms with E-state index < -0.39 is 5.41 Å². The second-order valence-corrected chi connectivity index (χ2v) is 5.83. The molecule has 3 rings (SSSR count). The summed E-state index contributed by atoms with van der Waals surface area (Å²) >= 11 is 0. The first kappa shape index (κ1) is 15.9. The van der Waals surface area contributed by atoms with Gasteiger partial charge >= 0.3 is 0 Å². The van der Waals surface area contributed by atoms with E-state index in [1.54, 1.807) is 6.21 Å². The molecule has 3 aromatic rings. The van der Waals surface area contributed by atoms with Crippen LogP contribution in [-0.2, 0) is 5.41 Å². The molecule has 0 atom stereocenters. The molecule has 0 radical (unpaired) electrons. The van der Waals surface area contributed by atoms with Crippen LogP contribution in [0.15, 0.2) is 84.1 Å². The summed E-state index contributed by atoms with van der Waals surface area (Å²) in [7, 11) is 0. The third-order valence-electron chi connectivity index (χ3n) is 4.40. The minimum Gasteiger partial charge on any atom is -0.411 e. The second kappa shape index (κ2) is 7.09. The number of benzene rings is 2. The molecule has 0 spiro atoms. The Morgan fingerprint density at radius 3 is 2.00 bits per heavy atom. The van der Waals surface area contributed by atoms with Crippen LogP contribution in [0.3, 0.4) is 0 Å². The van der Waals surface area contributed by atoms with Gasteiger partial charge in [-0.3, -0.25) is 4.98 Å². The largest absolute Gasteiger partial charge is 0.411 e. The lowest BCUT2D eigenvalue weighted by Gasteiger charge is -2.35. The molecular weight excluding hydrogens is 296 g/mol. The van der Waals surface area contributed by atoms with Crippen molar-refractivity contribution in [3.63, 3.8) is 0 Å². The summed E-state index contributed by atoms with van der Waals surface area (Å²) in [5.74, 6) is 0. The van der Waals surface area contributed by atoms with E-state index in [0.29, 0.717) is 6.42 Å². The van der Waals surface area contributed by atoms with Crippen LogP contribution in [0.2, 0.25) is 0 Å². The Morgan fingerprint density at radius 2 is 1.50 bits per heavy atom. The number of aryl methyl sites for hydroxylation is 1. The minimum absolute atomic E-state index is 0.428. The molecule has 1 aromatic heterocycles. The van der Waals surface area contributed by atoms with Crippen molar-refractivity contribution >= 4 is 6.21 Å². The van der Waals surface area contributed by atoms with Gasteiger partial charge in [0.1, 0.15) is 0 Å². The first-order valence-electron chi connectivity index (χ1n) is 7.97. The van der Waals surface area contributed by atoms with Gasteiger partial charge < -0.3 is 5.21 Å². The number of rotatable bonds is 5. The Morgan fingerprint density at radius 1 is 0.917 bits per heavy atom. The minimum atomic E-state index is -0.428. The van der Waals surface area contributed by atoms with Crippen molar-refractivity contribution in [2.45, 2.75) is 18.8 Å². The highest BCUT2D eigenvalue weighted by Gasteiger charge is 2.35. The molecule has 1 heterocycles. The predicted octanol–water partition coefficient (Wildman–Crippen LogP) is 4.57. The maximum Gasteiger partial charge on any atom is 0.0503 e. The lowest BCUT2D eigenvalue weighted by Crippen LogP contribution is -2.30. The summed E-state index contributed by atoms with van der Waals surface area (Å²) in [6.07, 6.45) is 3.96. The number of pyridine rings is 1. The Bertz CT molecular complexity index is 774. The Kier molecular flexibility index (Phi) is 4.71. The highest BCUT2D eigenvalue weighted by Crippen LogP contribution is 2.41. The molecule has 1 N–H and O–H groups in total. The number of nitrogens with zero attached hydrogens (tertiary/aromatic N) is 2. The van der Waals surface area contributed by atoms with E-state index in [1.165, 1.54) is 0 Å². The third kappa shape index (κ3) is 2.93. The van der Waals surface area contributed by atoms with Crippen molar-refractivity contribution in [2.24, 2.45) is 5.16 Å². The van der Waals surface area contributed by atoms with Gasteiger partial charge in [-0.15, -0.1) is 5.16 Å². The van der Waals surface area contributed by atoms with E-state index in [-0.39, 0.29) is 0 Å². The average Bonchev–Trinajstić information content (AvgIpc) is 2.64. The normalized spacial score (nSPS) is 11.7. The SMILES string of the molecule is Cc1cc(C(CC=NO)(c2ccccc2)c2ccccc2)ccn1. The quantitative estimate of drug-likeness (QED) is 0.425. The molecule has 0 fully saturated rings. The summed E-state index contributed by atoms with van der Waals surface area (Å²) in [4.78, 5) is 4.34. The van der Waals surface area contributed by atoms with Crippen molar-refractivity contribution in [1.82, 2.24) is 4.98 Å². The summed E-state index contributed by atoms with van der Waals surface area (Å²) < 4.78 is 0. The molecule has 3 heteroatoms. The van der Waals surface area contributed by atoms with Gasteiger partial charge in [0.2, 0.25) is 0 Å². The van der Waals surface area contributed by atoms with Gasteiger partial charge in [0.25, 0.3) is 0 Å². The molecule has 0 bridgehead atoms. The topological polar surface area (TPSA) is 45.5 Å². The zero-order chi connectivity index (χ0) is 16.8. The summed E-state index contributed by atoms with van der Waals surface area (Å²) in [5.41, 5.74) is 3.97. The van der Waals surface area contributed by atoms with Crippen molar-refractivity contribution in [2.75, 3.05) is 0 Å². The lowest BCUT2D eigenvalue weighted by molar-refractivity contribution is 0.319. The van der Waals surface area contributed by atoms with Crippen LogP contribution in [0.4, 0.5) is 0 Å². The van der Waals surface area contributed by atoms with E-state index in [2.05, 4.69) is 40.5 Å². The monoisotopic (exact) mass is 316 g/mol. The number of aromatic nitrogens is 1. The van der Waals surface area contributed by atoms with Crippen molar-refractivity contribution in [1.29, 1.82) is 0 Å². The summed E-state index contributed by atoms with van der Waals surface area (Å²) in [6.45, 7) is 1.99. The summed E-state index contributed by atoms with van der Waals surface area (Å²) in [5, 5.41) is 12.4. The Balaban J connectivity index is 2.32. The smallest absolute Gasteiger partial charge is 0.0503 e. The van der Waals surface area contributed by atoms with Crippen LogP contribution in [0.25, 0.3) is 0 Å². The highest BCUT2D eigenvalue weighted by molar-refractivity contribution is 5.65. The van der Waals surface area contributed by atoms with Gasteiger partial charge in [-0.05, 0) is 35.7 Å². The van der Waals surface area contributed by atoms with Gasteiger partial charge in [-0.1, -0.05) is 60.7 Å². The van der Waals surface area contributed by atoms with Crippen LogP contribution in [-0.4, -0.2) is 16.4 Å². The molecule has 0 aliphatic heterocycles. The molecule has 24 heavy (non-hydrogen) atoms. The van der Waals surface area contributed by atoms with Crippen molar-refractivity contribution in [3.05, 3.63) is 101 Å². The van der Waals surface area contributed by atoms with E-state index in [9.17, 15) is 0 Å². The maximum atomic E-state index is 9.08. The van der Waals surface area contributed by atoms with Crippen LogP contribution < -0.4 is 0 Å². The van der Waals surface area contributed by atoms with Crippen molar-refractivity contribution < 1.29 is 5.21 Å². The lowest BCUT2D eigenvalue weighted by atomic mass is 9.67. The van der Waals surface area contributed by atoms with Crippen LogP contribution in [0.1, 0.15) is 28.8 Å². The molecule has 0 saturated heterocycles. The molecule has 120 valence electrons. The fourth-order valence-electron chi connectivity index (χ4n) is 3.29. The third-order valence-corrected chi connectivity index (χ3v) is 4.40. The number of hydrogen-bond donors (Lipinski definition) is 1. The molecule has 3 nitrogen and oxygen atoms in total. The standard InChI is InChI=1S/C21H20N2O/c1-17-16-20(12-14-22-17)21(13-15-23-24,18-8-4-2-5-9-18)19-10-6-3-7-11-19/h2-12,14-16,24H,13H2,1H3. The van der Waals surface area contributed by atoms with Gasteiger partial charge in [0.15, 0.2) is 0 Å². The van der Waals surface area contributed by atoms with Crippen LogP contribution >= 0.6 is 0 Å². The Hall–Kier alpha value is -2.94. The molecular formula is C21H20N2O. The number of hydrogen-bond acceptors (Lipinski definition) is 3. The van der Waals surface area contributed by atoms with E-state index >= 15 is 0 Å². The molecule has 0 unspecified atom stereocenters.